The summed E-state index contributed by atoms with van der Waals surface area (Å²) in [7, 11) is 2.18. The van der Waals surface area contributed by atoms with Gasteiger partial charge in [-0.2, -0.15) is 0 Å². The molecule has 0 bridgehead atoms. The van der Waals surface area contributed by atoms with Crippen molar-refractivity contribution in [3.63, 3.8) is 0 Å². The van der Waals surface area contributed by atoms with E-state index in [9.17, 15) is 0 Å². The van der Waals surface area contributed by atoms with Crippen molar-refractivity contribution in [1.82, 2.24) is 10.2 Å². The van der Waals surface area contributed by atoms with E-state index in [2.05, 4.69) is 48.5 Å². The summed E-state index contributed by atoms with van der Waals surface area (Å²) in [5, 5.41) is 3.62. The van der Waals surface area contributed by atoms with Gasteiger partial charge in [-0.25, -0.2) is 0 Å². The Morgan fingerprint density at radius 1 is 1.22 bits per heavy atom. The number of hydrogen-bond donors (Lipinski definition) is 1. The highest BCUT2D eigenvalue weighted by Gasteiger charge is 2.21. The molecule has 4 nitrogen and oxygen atoms in total. The molecular formula is C19H30N2O2. The number of ether oxygens (including phenoxy) is 2. The fourth-order valence-corrected chi connectivity index (χ4v) is 3.37. The number of nitrogens with zero attached hydrogens (tertiary/aromatic N) is 1. The van der Waals surface area contributed by atoms with Crippen molar-refractivity contribution in [2.24, 2.45) is 5.92 Å². The molecule has 2 saturated heterocycles. The second kappa shape index (κ2) is 8.13. The molecule has 1 N–H and O–H groups in total. The van der Waals surface area contributed by atoms with Crippen LogP contribution in [0.4, 0.5) is 0 Å². The monoisotopic (exact) mass is 318 g/mol. The van der Waals surface area contributed by atoms with Gasteiger partial charge >= 0.3 is 0 Å². The summed E-state index contributed by atoms with van der Waals surface area (Å²) in [5.74, 6) is 1.66. The second-order valence-electron chi connectivity index (χ2n) is 7.06. The third-order valence-electron chi connectivity index (χ3n) is 5.19. The van der Waals surface area contributed by atoms with Gasteiger partial charge in [0.15, 0.2) is 0 Å². The van der Waals surface area contributed by atoms with Gasteiger partial charge in [0.05, 0.1) is 6.61 Å². The molecule has 1 aromatic carbocycles. The van der Waals surface area contributed by atoms with E-state index in [4.69, 9.17) is 9.47 Å². The van der Waals surface area contributed by atoms with Crippen molar-refractivity contribution in [2.45, 2.75) is 44.9 Å². The van der Waals surface area contributed by atoms with Gasteiger partial charge in [-0.1, -0.05) is 12.1 Å². The van der Waals surface area contributed by atoms with Crippen molar-refractivity contribution in [1.29, 1.82) is 0 Å². The molecule has 2 fully saturated rings. The zero-order chi connectivity index (χ0) is 16.1. The molecule has 2 aliphatic heterocycles. The van der Waals surface area contributed by atoms with E-state index in [-0.39, 0.29) is 0 Å². The van der Waals surface area contributed by atoms with Crippen LogP contribution in [0.3, 0.4) is 0 Å². The lowest BCUT2D eigenvalue weighted by Gasteiger charge is -2.29. The standard InChI is InChI=1S/C19H30N2O2/c1-15(17-9-12-22-14-17)20-13-16-3-5-18(6-4-16)23-19-7-10-21(2)11-8-19/h3-6,15,17,19-20H,7-14H2,1-2H3/t15-,17+/m1/s1. The Morgan fingerprint density at radius 2 is 1.96 bits per heavy atom. The van der Waals surface area contributed by atoms with E-state index in [0.29, 0.717) is 18.1 Å². The molecule has 128 valence electrons. The number of piperidine rings is 1. The summed E-state index contributed by atoms with van der Waals surface area (Å²) in [5.41, 5.74) is 1.31. The number of hydrogen-bond acceptors (Lipinski definition) is 4. The summed E-state index contributed by atoms with van der Waals surface area (Å²) < 4.78 is 11.6. The molecule has 0 radical (unpaired) electrons. The number of benzene rings is 1. The first-order valence-corrected chi connectivity index (χ1v) is 8.96. The van der Waals surface area contributed by atoms with E-state index in [0.717, 1.165) is 51.4 Å². The van der Waals surface area contributed by atoms with Crippen LogP contribution in [0.2, 0.25) is 0 Å². The molecule has 0 amide bonds. The number of rotatable bonds is 6. The SMILES string of the molecule is C[C@@H](NCc1ccc(OC2CCN(C)CC2)cc1)[C@H]1CCOC1. The lowest BCUT2D eigenvalue weighted by Crippen LogP contribution is -2.35. The number of nitrogens with one attached hydrogen (secondary N) is 1. The quantitative estimate of drug-likeness (QED) is 0.874. The van der Waals surface area contributed by atoms with E-state index in [1.54, 1.807) is 0 Å². The van der Waals surface area contributed by atoms with Crippen molar-refractivity contribution >= 4 is 0 Å². The first-order chi connectivity index (χ1) is 11.2. The van der Waals surface area contributed by atoms with Gasteiger partial charge in [0.1, 0.15) is 11.9 Å². The first kappa shape index (κ1) is 16.7. The molecule has 4 heteroatoms. The fourth-order valence-electron chi connectivity index (χ4n) is 3.37. The zero-order valence-corrected chi connectivity index (χ0v) is 14.5. The average Bonchev–Trinajstić information content (AvgIpc) is 3.11. The first-order valence-electron chi connectivity index (χ1n) is 8.96. The molecule has 0 spiro atoms. The van der Waals surface area contributed by atoms with Gasteiger partial charge in [-0.15, -0.1) is 0 Å². The highest BCUT2D eigenvalue weighted by molar-refractivity contribution is 5.27. The fraction of sp³-hybridized carbons (Fsp3) is 0.684. The van der Waals surface area contributed by atoms with Crippen LogP contribution < -0.4 is 10.1 Å². The minimum Gasteiger partial charge on any atom is -0.490 e. The van der Waals surface area contributed by atoms with Crippen LogP contribution >= 0.6 is 0 Å². The van der Waals surface area contributed by atoms with Crippen molar-refractivity contribution in [3.05, 3.63) is 29.8 Å². The minimum atomic E-state index is 0.373. The van der Waals surface area contributed by atoms with E-state index in [1.807, 2.05) is 0 Å². The van der Waals surface area contributed by atoms with E-state index < -0.39 is 0 Å². The number of likely N-dealkylation sites (tertiary alicyclic amines) is 1. The summed E-state index contributed by atoms with van der Waals surface area (Å²) in [4.78, 5) is 2.37. The molecule has 0 aliphatic carbocycles. The van der Waals surface area contributed by atoms with E-state index >= 15 is 0 Å². The lowest BCUT2D eigenvalue weighted by atomic mass is 10.0. The summed E-state index contributed by atoms with van der Waals surface area (Å²) >= 11 is 0. The molecule has 2 atom stereocenters. The summed E-state index contributed by atoms with van der Waals surface area (Å²) in [6.45, 7) is 7.26. The van der Waals surface area contributed by atoms with Crippen molar-refractivity contribution in [2.75, 3.05) is 33.4 Å². The Balaban J connectivity index is 1.43. The van der Waals surface area contributed by atoms with Crippen molar-refractivity contribution < 1.29 is 9.47 Å². The van der Waals surface area contributed by atoms with Crippen LogP contribution in [0.15, 0.2) is 24.3 Å². The normalized spacial score (nSPS) is 24.7. The Kier molecular flexibility index (Phi) is 5.92. The second-order valence-corrected chi connectivity index (χ2v) is 7.06. The van der Waals surface area contributed by atoms with Gasteiger partial charge in [-0.3, -0.25) is 0 Å². The van der Waals surface area contributed by atoms with Crippen LogP contribution in [-0.4, -0.2) is 50.4 Å². The van der Waals surface area contributed by atoms with Crippen molar-refractivity contribution in [3.8, 4) is 5.75 Å². The highest BCUT2D eigenvalue weighted by atomic mass is 16.5. The third kappa shape index (κ3) is 4.93. The molecule has 2 aliphatic rings. The maximum Gasteiger partial charge on any atom is 0.119 e. The van der Waals surface area contributed by atoms with E-state index in [1.165, 1.54) is 12.0 Å². The topological polar surface area (TPSA) is 33.7 Å². The summed E-state index contributed by atoms with van der Waals surface area (Å²) in [6, 6.07) is 9.08. The van der Waals surface area contributed by atoms with Gasteiger partial charge in [-0.05, 0) is 56.8 Å². The average molecular weight is 318 g/mol. The largest absolute Gasteiger partial charge is 0.490 e. The maximum atomic E-state index is 6.10. The van der Waals surface area contributed by atoms with Crippen LogP contribution in [0, 0.1) is 5.92 Å². The molecule has 23 heavy (non-hydrogen) atoms. The zero-order valence-electron chi connectivity index (χ0n) is 14.5. The molecule has 2 heterocycles. The Morgan fingerprint density at radius 3 is 2.61 bits per heavy atom. The molecule has 1 aromatic rings. The van der Waals surface area contributed by atoms with Crippen LogP contribution in [0.25, 0.3) is 0 Å². The lowest BCUT2D eigenvalue weighted by molar-refractivity contribution is 0.114. The third-order valence-corrected chi connectivity index (χ3v) is 5.19. The Labute approximate surface area is 140 Å². The van der Waals surface area contributed by atoms with Crippen LogP contribution in [0.5, 0.6) is 5.75 Å². The molecule has 0 unspecified atom stereocenters. The minimum absolute atomic E-state index is 0.373. The van der Waals surface area contributed by atoms with Crippen LogP contribution in [-0.2, 0) is 11.3 Å². The maximum absolute atomic E-state index is 6.10. The van der Waals surface area contributed by atoms with Gasteiger partial charge in [0, 0.05) is 32.3 Å². The predicted octanol–water partition coefficient (Wildman–Crippen LogP) is 2.67. The van der Waals surface area contributed by atoms with Crippen LogP contribution in [0.1, 0.15) is 31.7 Å². The predicted molar refractivity (Wildman–Crippen MR) is 92.8 cm³/mol. The van der Waals surface area contributed by atoms with Gasteiger partial charge in [0.25, 0.3) is 0 Å². The highest BCUT2D eigenvalue weighted by Crippen LogP contribution is 2.20. The molecule has 3 rings (SSSR count). The molecule has 0 saturated carbocycles. The Bertz CT molecular complexity index is 463. The molecular weight excluding hydrogens is 288 g/mol. The van der Waals surface area contributed by atoms with Gasteiger partial charge in [0.2, 0.25) is 0 Å². The Hall–Kier alpha value is -1.10. The smallest absolute Gasteiger partial charge is 0.119 e. The molecule has 0 aromatic heterocycles. The van der Waals surface area contributed by atoms with Gasteiger partial charge < -0.3 is 19.7 Å². The summed E-state index contributed by atoms with van der Waals surface area (Å²) in [6.07, 6.45) is 3.80.